The van der Waals surface area contributed by atoms with E-state index >= 15 is 0 Å². The third kappa shape index (κ3) is 4.05. The van der Waals surface area contributed by atoms with E-state index in [0.29, 0.717) is 31.3 Å². The van der Waals surface area contributed by atoms with E-state index in [1.54, 1.807) is 12.4 Å². The monoisotopic (exact) mass is 327 g/mol. The molecule has 1 aliphatic heterocycles. The molecule has 0 aromatic carbocycles. The normalized spacial score (nSPS) is 15.3. The van der Waals surface area contributed by atoms with Gasteiger partial charge in [0.15, 0.2) is 0 Å². The van der Waals surface area contributed by atoms with E-state index in [1.165, 1.54) is 6.20 Å². The maximum atomic E-state index is 12.3. The van der Waals surface area contributed by atoms with Crippen LogP contribution in [-0.4, -0.2) is 63.4 Å². The highest BCUT2D eigenvalue weighted by atomic mass is 16.5. The summed E-state index contributed by atoms with van der Waals surface area (Å²) < 4.78 is 5.35. The van der Waals surface area contributed by atoms with Crippen LogP contribution < -0.4 is 4.74 Å². The molecule has 1 fully saturated rings. The lowest BCUT2D eigenvalue weighted by Crippen LogP contribution is -2.48. The summed E-state index contributed by atoms with van der Waals surface area (Å²) >= 11 is 0. The second-order valence-electron chi connectivity index (χ2n) is 5.60. The van der Waals surface area contributed by atoms with Crippen LogP contribution in [0.3, 0.4) is 0 Å². The van der Waals surface area contributed by atoms with Gasteiger partial charge in [-0.05, 0) is 12.5 Å². The molecular formula is C17H21N5O2. The molecule has 0 bridgehead atoms. The fourth-order valence-corrected chi connectivity index (χ4v) is 2.68. The highest BCUT2D eigenvalue weighted by Gasteiger charge is 2.23. The van der Waals surface area contributed by atoms with Crippen molar-refractivity contribution in [1.82, 2.24) is 24.8 Å². The number of ether oxygens (including phenoxy) is 1. The number of amides is 1. The van der Waals surface area contributed by atoms with Gasteiger partial charge in [-0.3, -0.25) is 14.7 Å². The summed E-state index contributed by atoms with van der Waals surface area (Å²) in [5.74, 6) is 0.603. The van der Waals surface area contributed by atoms with E-state index in [2.05, 4.69) is 19.9 Å². The van der Waals surface area contributed by atoms with Crippen LogP contribution in [0.25, 0.3) is 0 Å². The van der Waals surface area contributed by atoms with Crippen molar-refractivity contribution in [2.45, 2.75) is 13.5 Å². The number of hydrogen-bond donors (Lipinski definition) is 0. The Labute approximate surface area is 141 Å². The quantitative estimate of drug-likeness (QED) is 0.822. The fraction of sp³-hybridized carbons (Fsp3) is 0.412. The van der Waals surface area contributed by atoms with Crippen molar-refractivity contribution in [1.29, 1.82) is 0 Å². The number of rotatable bonds is 5. The van der Waals surface area contributed by atoms with Gasteiger partial charge in [0.05, 0.1) is 12.8 Å². The Morgan fingerprint density at radius 3 is 2.58 bits per heavy atom. The maximum Gasteiger partial charge on any atom is 0.274 e. The molecular weight excluding hydrogens is 306 g/mol. The van der Waals surface area contributed by atoms with Crippen molar-refractivity contribution in [2.24, 2.45) is 0 Å². The molecule has 1 amide bonds. The smallest absolute Gasteiger partial charge is 0.274 e. The molecule has 0 aliphatic carbocycles. The Morgan fingerprint density at radius 2 is 1.96 bits per heavy atom. The lowest BCUT2D eigenvalue weighted by molar-refractivity contribution is 0.0622. The molecule has 0 N–H and O–H groups in total. The molecule has 1 saturated heterocycles. The molecule has 7 heteroatoms. The molecule has 0 radical (unpaired) electrons. The Balaban J connectivity index is 1.51. The van der Waals surface area contributed by atoms with E-state index < -0.39 is 0 Å². The van der Waals surface area contributed by atoms with Crippen LogP contribution in [-0.2, 0) is 6.54 Å². The average molecular weight is 327 g/mol. The largest absolute Gasteiger partial charge is 0.478 e. The van der Waals surface area contributed by atoms with Gasteiger partial charge < -0.3 is 9.64 Å². The number of carbonyl (C=O) groups is 1. The van der Waals surface area contributed by atoms with Gasteiger partial charge in [0.1, 0.15) is 5.69 Å². The third-order valence-electron chi connectivity index (χ3n) is 3.94. The number of carbonyl (C=O) groups excluding carboxylic acids is 1. The zero-order valence-corrected chi connectivity index (χ0v) is 13.8. The summed E-state index contributed by atoms with van der Waals surface area (Å²) in [7, 11) is 0. The van der Waals surface area contributed by atoms with Crippen LogP contribution in [0.5, 0.6) is 5.88 Å². The van der Waals surface area contributed by atoms with Gasteiger partial charge in [0.25, 0.3) is 5.91 Å². The van der Waals surface area contributed by atoms with Crippen LogP contribution in [0.2, 0.25) is 0 Å². The van der Waals surface area contributed by atoms with Crippen molar-refractivity contribution in [2.75, 3.05) is 32.8 Å². The molecule has 1 aliphatic rings. The lowest BCUT2D eigenvalue weighted by atomic mass is 10.2. The standard InChI is InChI=1S/C17H21N5O2/c1-2-24-16-4-3-14(11-20-16)13-21-7-9-22(10-8-21)17(23)15-12-18-5-6-19-15/h3-6,11-12H,2,7-10,13H2,1H3. The molecule has 0 spiro atoms. The third-order valence-corrected chi connectivity index (χ3v) is 3.94. The van der Waals surface area contributed by atoms with Crippen LogP contribution in [0.4, 0.5) is 0 Å². The first-order valence-corrected chi connectivity index (χ1v) is 8.11. The minimum absolute atomic E-state index is 0.0505. The van der Waals surface area contributed by atoms with Crippen molar-refractivity contribution in [3.05, 3.63) is 48.2 Å². The van der Waals surface area contributed by atoms with E-state index in [-0.39, 0.29) is 5.91 Å². The molecule has 3 heterocycles. The van der Waals surface area contributed by atoms with E-state index in [0.717, 1.165) is 25.2 Å². The molecule has 7 nitrogen and oxygen atoms in total. The molecule has 0 unspecified atom stereocenters. The Bertz CT molecular complexity index is 654. The van der Waals surface area contributed by atoms with Crippen molar-refractivity contribution >= 4 is 5.91 Å². The molecule has 24 heavy (non-hydrogen) atoms. The lowest BCUT2D eigenvalue weighted by Gasteiger charge is -2.34. The van der Waals surface area contributed by atoms with Crippen LogP contribution in [0.1, 0.15) is 23.0 Å². The van der Waals surface area contributed by atoms with Gasteiger partial charge in [-0.1, -0.05) is 6.07 Å². The first kappa shape index (κ1) is 16.3. The summed E-state index contributed by atoms with van der Waals surface area (Å²) in [4.78, 5) is 28.8. The predicted molar refractivity (Wildman–Crippen MR) is 88.6 cm³/mol. The SMILES string of the molecule is CCOc1ccc(CN2CCN(C(=O)c3cnccn3)CC2)cn1. The zero-order valence-electron chi connectivity index (χ0n) is 13.8. The summed E-state index contributed by atoms with van der Waals surface area (Å²) in [5, 5.41) is 0. The maximum absolute atomic E-state index is 12.3. The Hall–Kier alpha value is -2.54. The summed E-state index contributed by atoms with van der Waals surface area (Å²) in [5.41, 5.74) is 1.55. The van der Waals surface area contributed by atoms with Crippen molar-refractivity contribution in [3.63, 3.8) is 0 Å². The van der Waals surface area contributed by atoms with Crippen molar-refractivity contribution in [3.8, 4) is 5.88 Å². The van der Waals surface area contributed by atoms with Crippen LogP contribution >= 0.6 is 0 Å². The summed E-state index contributed by atoms with van der Waals surface area (Å²) in [6.45, 7) is 6.44. The highest BCUT2D eigenvalue weighted by molar-refractivity contribution is 5.92. The van der Waals surface area contributed by atoms with Gasteiger partial charge in [-0.15, -0.1) is 0 Å². The highest BCUT2D eigenvalue weighted by Crippen LogP contribution is 2.12. The van der Waals surface area contributed by atoms with E-state index in [9.17, 15) is 4.79 Å². The van der Waals surface area contributed by atoms with E-state index in [1.807, 2.05) is 30.2 Å². The number of aromatic nitrogens is 3. The molecule has 3 rings (SSSR count). The molecule has 126 valence electrons. The van der Waals surface area contributed by atoms with E-state index in [4.69, 9.17) is 4.74 Å². The van der Waals surface area contributed by atoms with Gasteiger partial charge >= 0.3 is 0 Å². The number of hydrogen-bond acceptors (Lipinski definition) is 6. The molecule has 0 atom stereocenters. The fourth-order valence-electron chi connectivity index (χ4n) is 2.68. The summed E-state index contributed by atoms with van der Waals surface area (Å²) in [6, 6.07) is 3.93. The average Bonchev–Trinajstić information content (AvgIpc) is 2.64. The Morgan fingerprint density at radius 1 is 1.12 bits per heavy atom. The van der Waals surface area contributed by atoms with Crippen LogP contribution in [0.15, 0.2) is 36.9 Å². The van der Waals surface area contributed by atoms with Crippen molar-refractivity contribution < 1.29 is 9.53 Å². The minimum Gasteiger partial charge on any atom is -0.478 e. The number of piperazine rings is 1. The van der Waals surface area contributed by atoms with Gasteiger partial charge in [0, 0.05) is 57.4 Å². The summed E-state index contributed by atoms with van der Waals surface area (Å²) in [6.07, 6.45) is 6.48. The molecule has 0 saturated carbocycles. The van der Waals surface area contributed by atoms with Gasteiger partial charge in [0.2, 0.25) is 5.88 Å². The van der Waals surface area contributed by atoms with Gasteiger partial charge in [-0.2, -0.15) is 0 Å². The van der Waals surface area contributed by atoms with Crippen LogP contribution in [0, 0.1) is 0 Å². The Kier molecular flexibility index (Phi) is 5.32. The number of nitrogens with zero attached hydrogens (tertiary/aromatic N) is 5. The predicted octanol–water partition coefficient (Wildman–Crippen LogP) is 1.23. The molecule has 2 aromatic rings. The van der Waals surface area contributed by atoms with Gasteiger partial charge in [-0.25, -0.2) is 9.97 Å². The minimum atomic E-state index is -0.0505. The molecule has 2 aromatic heterocycles. The second kappa shape index (κ2) is 7.83. The second-order valence-corrected chi connectivity index (χ2v) is 5.60. The first-order valence-electron chi connectivity index (χ1n) is 8.11. The zero-order chi connectivity index (χ0) is 16.8. The number of pyridine rings is 1. The first-order chi connectivity index (χ1) is 11.8. The topological polar surface area (TPSA) is 71.5 Å².